The molecule has 0 unspecified atom stereocenters. The molecule has 10 nitrogen and oxygen atoms in total. The molecule has 0 amide bonds. The molecule has 0 atom stereocenters. The minimum Gasteiger partial charge on any atom is -0.340 e. The number of aryl methyl sites for hydroxylation is 2. The van der Waals surface area contributed by atoms with E-state index in [1.807, 2.05) is 14.1 Å². The van der Waals surface area contributed by atoms with Crippen LogP contribution in [0.5, 0.6) is 0 Å². The summed E-state index contributed by atoms with van der Waals surface area (Å²) in [6.45, 7) is 0. The van der Waals surface area contributed by atoms with E-state index in [4.69, 9.17) is 10.8 Å². The van der Waals surface area contributed by atoms with Crippen molar-refractivity contribution in [3.8, 4) is 0 Å². The topological polar surface area (TPSA) is 141 Å². The second-order valence-corrected chi connectivity index (χ2v) is 4.61. The van der Waals surface area contributed by atoms with Crippen LogP contribution in [0.2, 0.25) is 0 Å². The first-order valence-electron chi connectivity index (χ1n) is 6.36. The third-order valence-corrected chi connectivity index (χ3v) is 3.10. The van der Waals surface area contributed by atoms with Crippen LogP contribution in [0.3, 0.4) is 0 Å². The SMILES string of the molecule is Cn1cnc(=N)c2[nH]cnc21.Cn1cnc(=N)c2[nH]cnc21. The lowest BCUT2D eigenvalue weighted by atomic mass is 10.5. The average Bonchev–Trinajstić information content (AvgIpc) is 3.17. The van der Waals surface area contributed by atoms with E-state index >= 15 is 0 Å². The highest BCUT2D eigenvalue weighted by Gasteiger charge is 2.00. The molecule has 0 radical (unpaired) electrons. The number of H-pyrrole nitrogens is 2. The lowest BCUT2D eigenvalue weighted by Crippen LogP contribution is -2.10. The molecule has 4 heterocycles. The number of imidazole rings is 2. The van der Waals surface area contributed by atoms with Gasteiger partial charge in [0.2, 0.25) is 0 Å². The Hall–Kier alpha value is -3.30. The quantitative estimate of drug-likeness (QED) is 0.349. The monoisotopic (exact) mass is 298 g/mol. The first-order valence-corrected chi connectivity index (χ1v) is 6.36. The lowest BCUT2D eigenvalue weighted by molar-refractivity contribution is 0.876. The fourth-order valence-electron chi connectivity index (χ4n) is 1.98. The van der Waals surface area contributed by atoms with Crippen molar-refractivity contribution in [1.82, 2.24) is 39.0 Å². The minimum atomic E-state index is 0.232. The van der Waals surface area contributed by atoms with Crippen LogP contribution in [0.1, 0.15) is 0 Å². The Morgan fingerprint density at radius 2 is 1.18 bits per heavy atom. The number of nitrogens with zero attached hydrogens (tertiary/aromatic N) is 6. The zero-order valence-corrected chi connectivity index (χ0v) is 12.0. The van der Waals surface area contributed by atoms with Gasteiger partial charge >= 0.3 is 0 Å². The van der Waals surface area contributed by atoms with Crippen molar-refractivity contribution in [1.29, 1.82) is 10.8 Å². The Morgan fingerprint density at radius 1 is 0.773 bits per heavy atom. The summed E-state index contributed by atoms with van der Waals surface area (Å²) in [5.41, 5.74) is 3.33. The molecule has 0 saturated carbocycles. The van der Waals surface area contributed by atoms with Crippen LogP contribution >= 0.6 is 0 Å². The van der Waals surface area contributed by atoms with Gasteiger partial charge in [0.15, 0.2) is 22.3 Å². The Morgan fingerprint density at radius 3 is 1.55 bits per heavy atom. The molecule has 0 saturated heterocycles. The van der Waals surface area contributed by atoms with Gasteiger partial charge in [0.25, 0.3) is 0 Å². The number of rotatable bonds is 0. The van der Waals surface area contributed by atoms with E-state index in [1.54, 1.807) is 34.4 Å². The van der Waals surface area contributed by atoms with E-state index in [0.717, 1.165) is 11.3 Å². The van der Waals surface area contributed by atoms with Crippen molar-refractivity contribution in [3.63, 3.8) is 0 Å². The third kappa shape index (κ3) is 2.26. The highest BCUT2D eigenvalue weighted by molar-refractivity contribution is 5.68. The molecule has 0 bridgehead atoms. The normalized spacial score (nSPS) is 10.6. The maximum absolute atomic E-state index is 7.38. The maximum Gasteiger partial charge on any atom is 0.173 e. The van der Waals surface area contributed by atoms with Crippen LogP contribution in [0.15, 0.2) is 25.3 Å². The van der Waals surface area contributed by atoms with Crippen LogP contribution in [0.25, 0.3) is 22.3 Å². The van der Waals surface area contributed by atoms with Crippen LogP contribution in [0, 0.1) is 10.8 Å². The minimum absolute atomic E-state index is 0.232. The second kappa shape index (κ2) is 5.24. The van der Waals surface area contributed by atoms with E-state index in [0.29, 0.717) is 11.0 Å². The van der Waals surface area contributed by atoms with E-state index in [-0.39, 0.29) is 11.0 Å². The molecule has 4 aromatic rings. The second-order valence-electron chi connectivity index (χ2n) is 4.61. The van der Waals surface area contributed by atoms with Crippen molar-refractivity contribution in [2.24, 2.45) is 14.1 Å². The van der Waals surface area contributed by atoms with Gasteiger partial charge in [0.1, 0.15) is 11.0 Å². The zero-order chi connectivity index (χ0) is 15.7. The Bertz CT molecular complexity index is 961. The van der Waals surface area contributed by atoms with Crippen LogP contribution < -0.4 is 11.0 Å². The fourth-order valence-corrected chi connectivity index (χ4v) is 1.98. The van der Waals surface area contributed by atoms with Crippen LogP contribution in [-0.4, -0.2) is 39.0 Å². The van der Waals surface area contributed by atoms with Gasteiger partial charge in [-0.25, -0.2) is 19.9 Å². The first-order chi connectivity index (χ1) is 10.6. The van der Waals surface area contributed by atoms with Crippen molar-refractivity contribution in [2.45, 2.75) is 0 Å². The number of hydrogen-bond donors (Lipinski definition) is 4. The molecule has 0 aromatic carbocycles. The van der Waals surface area contributed by atoms with E-state index in [1.165, 1.54) is 0 Å². The molecule has 0 spiro atoms. The van der Waals surface area contributed by atoms with Gasteiger partial charge in [-0.15, -0.1) is 0 Å². The highest BCUT2D eigenvalue weighted by Crippen LogP contribution is 1.99. The van der Waals surface area contributed by atoms with Crippen molar-refractivity contribution in [2.75, 3.05) is 0 Å². The molecule has 0 fully saturated rings. The molecule has 0 aliphatic heterocycles. The highest BCUT2D eigenvalue weighted by atomic mass is 15.1. The van der Waals surface area contributed by atoms with Gasteiger partial charge in [-0.3, -0.25) is 10.8 Å². The Kier molecular flexibility index (Phi) is 3.26. The number of aromatic amines is 2. The predicted octanol–water partition coefficient (Wildman–Crippen LogP) is -0.448. The largest absolute Gasteiger partial charge is 0.340 e. The Balaban J connectivity index is 0.000000131. The molecule has 112 valence electrons. The van der Waals surface area contributed by atoms with Gasteiger partial charge in [-0.05, 0) is 0 Å². The van der Waals surface area contributed by atoms with Crippen molar-refractivity contribution < 1.29 is 0 Å². The summed E-state index contributed by atoms with van der Waals surface area (Å²) < 4.78 is 3.54. The number of fused-ring (bicyclic) bond motifs is 2. The van der Waals surface area contributed by atoms with Crippen molar-refractivity contribution in [3.05, 3.63) is 36.3 Å². The Labute approximate surface area is 123 Å². The summed E-state index contributed by atoms with van der Waals surface area (Å²) in [4.78, 5) is 21.4. The summed E-state index contributed by atoms with van der Waals surface area (Å²) >= 11 is 0. The summed E-state index contributed by atoms with van der Waals surface area (Å²) in [7, 11) is 3.69. The lowest BCUT2D eigenvalue weighted by Gasteiger charge is -1.95. The summed E-state index contributed by atoms with van der Waals surface area (Å²) in [5, 5.41) is 14.8. The predicted molar refractivity (Wildman–Crippen MR) is 77.4 cm³/mol. The van der Waals surface area contributed by atoms with Gasteiger partial charge in [0, 0.05) is 14.1 Å². The van der Waals surface area contributed by atoms with Gasteiger partial charge < -0.3 is 19.1 Å². The van der Waals surface area contributed by atoms with Gasteiger partial charge in [0.05, 0.1) is 25.3 Å². The zero-order valence-electron chi connectivity index (χ0n) is 12.0. The molecule has 4 aromatic heterocycles. The van der Waals surface area contributed by atoms with Gasteiger partial charge in [-0.2, -0.15) is 0 Å². The average molecular weight is 298 g/mol. The molecule has 0 aliphatic carbocycles. The third-order valence-electron chi connectivity index (χ3n) is 3.10. The van der Waals surface area contributed by atoms with E-state index in [9.17, 15) is 0 Å². The summed E-state index contributed by atoms with van der Waals surface area (Å²) in [6, 6.07) is 0. The number of nitrogens with one attached hydrogen (secondary N) is 4. The summed E-state index contributed by atoms with van der Waals surface area (Å²) in [5.74, 6) is 0. The van der Waals surface area contributed by atoms with E-state index < -0.39 is 0 Å². The van der Waals surface area contributed by atoms with Crippen LogP contribution in [0.4, 0.5) is 0 Å². The van der Waals surface area contributed by atoms with Gasteiger partial charge in [-0.1, -0.05) is 0 Å². The first kappa shape index (κ1) is 13.7. The molecule has 22 heavy (non-hydrogen) atoms. The molecular weight excluding hydrogens is 284 g/mol. The van der Waals surface area contributed by atoms with Crippen LogP contribution in [-0.2, 0) is 14.1 Å². The molecule has 4 N–H and O–H groups in total. The molecule has 0 aliphatic rings. The fraction of sp³-hybridized carbons (Fsp3) is 0.167. The number of aromatic nitrogens is 8. The molecular formula is C12H14N10. The smallest absolute Gasteiger partial charge is 0.173 e. The molecule has 10 heteroatoms. The van der Waals surface area contributed by atoms with Crippen molar-refractivity contribution >= 4 is 22.3 Å². The standard InChI is InChI=1S/2C6H7N5/c2*1-11-3-10-5(7)4-6(11)9-2-8-4/h2*2-3,7H,1H3,(H,8,9). The van der Waals surface area contributed by atoms with E-state index in [2.05, 4.69) is 29.9 Å². The molecule has 4 rings (SSSR count). The number of hydrogen-bond acceptors (Lipinski definition) is 6. The maximum atomic E-state index is 7.38. The summed E-state index contributed by atoms with van der Waals surface area (Å²) in [6.07, 6.45) is 6.27.